The third-order valence-electron chi connectivity index (χ3n) is 6.46. The Bertz CT molecular complexity index is 1380. The van der Waals surface area contributed by atoms with Crippen LogP contribution >= 0.6 is 0 Å². The number of amides is 1. The van der Waals surface area contributed by atoms with E-state index in [9.17, 15) is 9.18 Å². The number of nitrogens with one attached hydrogen (secondary N) is 1. The standard InChI is InChI=1S/C29H33FN6O/c1-3-26-23(8-9-33-28(26)31)14-21(2)16-34-29(37)25-15-22(17-32-18-25)19-35-10-12-36(13-11-35)20-24-6-4-5-7-27(24)30/h3-9,14-15,17-18H,2,10-13,16,19-20H2,1H3,(H2,31,33)(H,34,37)/b23-14-,26-3+. The summed E-state index contributed by atoms with van der Waals surface area (Å²) in [6.07, 6.45) is 8.83. The first-order valence-corrected chi connectivity index (χ1v) is 12.4. The Morgan fingerprint density at radius 3 is 2.59 bits per heavy atom. The van der Waals surface area contributed by atoms with Gasteiger partial charge in [-0.1, -0.05) is 30.9 Å². The molecule has 37 heavy (non-hydrogen) atoms. The number of halogens is 1. The number of hydrogen-bond acceptors (Lipinski definition) is 6. The van der Waals surface area contributed by atoms with Gasteiger partial charge in [0.25, 0.3) is 5.91 Å². The number of nitrogens with zero attached hydrogens (tertiary/aromatic N) is 4. The van der Waals surface area contributed by atoms with E-state index >= 15 is 0 Å². The van der Waals surface area contributed by atoms with E-state index in [1.54, 1.807) is 24.7 Å². The van der Waals surface area contributed by atoms with Gasteiger partial charge in [-0.15, -0.1) is 0 Å². The van der Waals surface area contributed by atoms with E-state index in [0.717, 1.165) is 53.3 Å². The minimum absolute atomic E-state index is 0.154. The molecule has 3 N–H and O–H groups in total. The zero-order valence-corrected chi connectivity index (χ0v) is 21.2. The van der Waals surface area contributed by atoms with Crippen molar-refractivity contribution in [1.82, 2.24) is 25.1 Å². The number of rotatable bonds is 8. The lowest BCUT2D eigenvalue weighted by Gasteiger charge is -2.34. The normalized spacial score (nSPS) is 15.6. The summed E-state index contributed by atoms with van der Waals surface area (Å²) in [5, 5.41) is 4.67. The summed E-state index contributed by atoms with van der Waals surface area (Å²) < 4.78 is 14.0. The highest BCUT2D eigenvalue weighted by molar-refractivity contribution is 5.94. The molecule has 2 aromatic heterocycles. The molecule has 0 unspecified atom stereocenters. The summed E-state index contributed by atoms with van der Waals surface area (Å²) in [7, 11) is 0. The van der Waals surface area contributed by atoms with E-state index in [0.29, 0.717) is 31.0 Å². The molecule has 0 atom stereocenters. The number of nitrogens with two attached hydrogens (primary N) is 1. The van der Waals surface area contributed by atoms with Gasteiger partial charge in [0.2, 0.25) is 0 Å². The largest absolute Gasteiger partial charge is 0.383 e. The smallest absolute Gasteiger partial charge is 0.253 e. The SMILES string of the molecule is C=C(/C=c1/ccnc(N)/c1=C/C)CNC(=O)c1cncc(CN2CCN(Cc3ccccc3F)CC2)c1. The third kappa shape index (κ3) is 7.09. The maximum absolute atomic E-state index is 14.0. The van der Waals surface area contributed by atoms with Gasteiger partial charge in [-0.25, -0.2) is 9.37 Å². The molecule has 7 nitrogen and oxygen atoms in total. The molecule has 0 bridgehead atoms. The number of anilines is 1. The monoisotopic (exact) mass is 500 g/mol. The van der Waals surface area contributed by atoms with Crippen LogP contribution in [0.15, 0.2) is 67.1 Å². The second kappa shape index (κ2) is 12.4. The fourth-order valence-corrected chi connectivity index (χ4v) is 4.44. The van der Waals surface area contributed by atoms with Crippen molar-refractivity contribution in [3.63, 3.8) is 0 Å². The molecular weight excluding hydrogens is 467 g/mol. The molecule has 192 valence electrons. The lowest BCUT2D eigenvalue weighted by atomic mass is 10.1. The Labute approximate surface area is 216 Å². The second-order valence-electron chi connectivity index (χ2n) is 9.20. The summed E-state index contributed by atoms with van der Waals surface area (Å²) >= 11 is 0. The molecule has 0 radical (unpaired) electrons. The fourth-order valence-electron chi connectivity index (χ4n) is 4.44. The number of carbonyl (C=O) groups is 1. The first-order chi connectivity index (χ1) is 17.9. The fraction of sp³-hybridized carbons (Fsp3) is 0.276. The van der Waals surface area contributed by atoms with Crippen LogP contribution in [0.3, 0.4) is 0 Å². The molecule has 1 aliphatic heterocycles. The summed E-state index contributed by atoms with van der Waals surface area (Å²) in [5.41, 5.74) is 8.92. The molecule has 8 heteroatoms. The highest BCUT2D eigenvalue weighted by Gasteiger charge is 2.18. The number of carbonyl (C=O) groups excluding carboxylic acids is 1. The van der Waals surface area contributed by atoms with Gasteiger partial charge in [0.05, 0.1) is 5.56 Å². The Morgan fingerprint density at radius 2 is 1.86 bits per heavy atom. The van der Waals surface area contributed by atoms with Crippen LogP contribution < -0.4 is 21.5 Å². The van der Waals surface area contributed by atoms with Crippen molar-refractivity contribution in [1.29, 1.82) is 0 Å². The van der Waals surface area contributed by atoms with Crippen molar-refractivity contribution >= 4 is 23.9 Å². The summed E-state index contributed by atoms with van der Waals surface area (Å²) in [6, 6.07) is 10.7. The molecule has 4 rings (SSSR count). The Balaban J connectivity index is 1.29. The minimum atomic E-state index is -0.199. The molecule has 1 fully saturated rings. The quantitative estimate of drug-likeness (QED) is 0.493. The molecule has 0 spiro atoms. The van der Waals surface area contributed by atoms with Gasteiger partial charge in [-0.3, -0.25) is 19.6 Å². The van der Waals surface area contributed by atoms with Crippen molar-refractivity contribution < 1.29 is 9.18 Å². The average molecular weight is 501 g/mol. The highest BCUT2D eigenvalue weighted by atomic mass is 19.1. The van der Waals surface area contributed by atoms with Gasteiger partial charge in [-0.05, 0) is 47.6 Å². The number of piperazine rings is 1. The Morgan fingerprint density at radius 1 is 1.14 bits per heavy atom. The van der Waals surface area contributed by atoms with Gasteiger partial charge < -0.3 is 11.1 Å². The number of aromatic nitrogens is 2. The number of hydrogen-bond donors (Lipinski definition) is 2. The molecule has 1 aliphatic rings. The van der Waals surface area contributed by atoms with E-state index < -0.39 is 0 Å². The van der Waals surface area contributed by atoms with Gasteiger partial charge in [0.15, 0.2) is 0 Å². The van der Waals surface area contributed by atoms with Crippen LogP contribution in [0.2, 0.25) is 0 Å². The zero-order chi connectivity index (χ0) is 26.2. The lowest BCUT2D eigenvalue weighted by Crippen LogP contribution is -2.45. The molecule has 0 saturated carbocycles. The molecule has 1 saturated heterocycles. The molecular formula is C29H33FN6O. The van der Waals surface area contributed by atoms with Crippen LogP contribution in [-0.4, -0.2) is 58.4 Å². The lowest BCUT2D eigenvalue weighted by molar-refractivity contribution is 0.0956. The van der Waals surface area contributed by atoms with Gasteiger partial charge in [0.1, 0.15) is 11.6 Å². The predicted octanol–water partition coefficient (Wildman–Crippen LogP) is 2.08. The Hall–Kier alpha value is -3.88. The minimum Gasteiger partial charge on any atom is -0.383 e. The van der Waals surface area contributed by atoms with Gasteiger partial charge in [-0.2, -0.15) is 0 Å². The van der Waals surface area contributed by atoms with Crippen LogP contribution in [0.4, 0.5) is 10.2 Å². The maximum Gasteiger partial charge on any atom is 0.253 e. The predicted molar refractivity (Wildman–Crippen MR) is 145 cm³/mol. The van der Waals surface area contributed by atoms with Crippen molar-refractivity contribution in [3.05, 3.63) is 100 Å². The van der Waals surface area contributed by atoms with E-state index in [1.165, 1.54) is 6.07 Å². The Kier molecular flexibility index (Phi) is 8.77. The topological polar surface area (TPSA) is 87.4 Å². The van der Waals surface area contributed by atoms with Crippen molar-refractivity contribution in [2.75, 3.05) is 38.5 Å². The third-order valence-corrected chi connectivity index (χ3v) is 6.46. The first-order valence-electron chi connectivity index (χ1n) is 12.4. The maximum atomic E-state index is 14.0. The molecule has 3 aromatic rings. The van der Waals surface area contributed by atoms with Crippen LogP contribution in [-0.2, 0) is 13.1 Å². The van der Waals surface area contributed by atoms with Crippen LogP contribution in [0.5, 0.6) is 0 Å². The number of pyridine rings is 2. The van der Waals surface area contributed by atoms with E-state index in [2.05, 4.69) is 31.7 Å². The zero-order valence-electron chi connectivity index (χ0n) is 21.2. The van der Waals surface area contributed by atoms with Crippen molar-refractivity contribution in [2.45, 2.75) is 20.0 Å². The second-order valence-corrected chi connectivity index (χ2v) is 9.20. The number of nitrogen functional groups attached to an aromatic ring is 1. The van der Waals surface area contributed by atoms with Crippen molar-refractivity contribution in [3.8, 4) is 0 Å². The summed E-state index contributed by atoms with van der Waals surface area (Å²) in [6.45, 7) is 11.1. The van der Waals surface area contributed by atoms with Crippen LogP contribution in [0, 0.1) is 5.82 Å². The molecule has 1 amide bonds. The van der Waals surface area contributed by atoms with Gasteiger partial charge in [0, 0.05) is 75.2 Å². The summed E-state index contributed by atoms with van der Waals surface area (Å²) in [4.78, 5) is 25.8. The van der Waals surface area contributed by atoms with Crippen LogP contribution in [0.1, 0.15) is 28.4 Å². The highest BCUT2D eigenvalue weighted by Crippen LogP contribution is 2.14. The van der Waals surface area contributed by atoms with E-state index in [1.807, 2.05) is 43.3 Å². The first kappa shape index (κ1) is 26.2. The molecule has 1 aromatic carbocycles. The van der Waals surface area contributed by atoms with Crippen molar-refractivity contribution in [2.24, 2.45) is 0 Å². The molecule has 0 aliphatic carbocycles. The van der Waals surface area contributed by atoms with E-state index in [4.69, 9.17) is 5.73 Å². The average Bonchev–Trinajstić information content (AvgIpc) is 2.90. The van der Waals surface area contributed by atoms with E-state index in [-0.39, 0.29) is 11.7 Å². The summed E-state index contributed by atoms with van der Waals surface area (Å²) in [5.74, 6) is 0.108. The van der Waals surface area contributed by atoms with Gasteiger partial charge >= 0.3 is 0 Å². The van der Waals surface area contributed by atoms with Crippen LogP contribution in [0.25, 0.3) is 12.2 Å². The number of benzene rings is 1. The molecule has 3 heterocycles.